The maximum absolute atomic E-state index is 14.0. The summed E-state index contributed by atoms with van der Waals surface area (Å²) in [4.78, 5) is 14.0. The summed E-state index contributed by atoms with van der Waals surface area (Å²) in [5.41, 5.74) is 2.60. The van der Waals surface area contributed by atoms with Gasteiger partial charge in [-0.1, -0.05) is 46.2 Å². The minimum absolute atomic E-state index is 0.142. The van der Waals surface area contributed by atoms with Crippen LogP contribution in [0.3, 0.4) is 0 Å². The molecule has 4 heteroatoms. The van der Waals surface area contributed by atoms with Crippen molar-refractivity contribution in [1.82, 2.24) is 9.13 Å². The number of ether oxygens (including phenoxy) is 1. The van der Waals surface area contributed by atoms with E-state index in [1.807, 2.05) is 12.1 Å². The van der Waals surface area contributed by atoms with Crippen LogP contribution in [0.2, 0.25) is 0 Å². The van der Waals surface area contributed by atoms with Crippen LogP contribution >= 0.6 is 0 Å². The number of methoxy groups -OCH3 is 1. The number of pyridine rings is 1. The highest BCUT2D eigenvalue weighted by Crippen LogP contribution is 2.67. The molecule has 2 bridgehead atoms. The minimum Gasteiger partial charge on any atom is -0.495 e. The van der Waals surface area contributed by atoms with E-state index in [4.69, 9.17) is 4.74 Å². The van der Waals surface area contributed by atoms with Crippen LogP contribution in [-0.4, -0.2) is 16.2 Å². The van der Waals surface area contributed by atoms with Gasteiger partial charge in [-0.2, -0.15) is 0 Å². The number of nitrogens with zero attached hydrogens (tertiary/aromatic N) is 2. The first-order valence-electron chi connectivity index (χ1n) is 11.5. The fraction of sp³-hybridized carbons (Fsp3) is 0.577. The van der Waals surface area contributed by atoms with Crippen molar-refractivity contribution in [2.45, 2.75) is 72.4 Å². The molecular formula is C26H34N2O2. The van der Waals surface area contributed by atoms with E-state index in [1.54, 1.807) is 7.11 Å². The van der Waals surface area contributed by atoms with Gasteiger partial charge in [-0.25, -0.2) is 0 Å². The van der Waals surface area contributed by atoms with Crippen molar-refractivity contribution in [1.29, 1.82) is 0 Å². The summed E-state index contributed by atoms with van der Waals surface area (Å²) in [5, 5.41) is 1.87. The van der Waals surface area contributed by atoms with Gasteiger partial charge >= 0.3 is 0 Å². The zero-order valence-electron chi connectivity index (χ0n) is 19.0. The molecule has 0 saturated heterocycles. The number of benzene rings is 1. The van der Waals surface area contributed by atoms with Gasteiger partial charge in [0.15, 0.2) is 0 Å². The summed E-state index contributed by atoms with van der Waals surface area (Å²) in [5.74, 6) is 1.55. The fourth-order valence-electron chi connectivity index (χ4n) is 7.03. The number of unbranched alkanes of at least 4 members (excludes halogenated alkanes) is 1. The van der Waals surface area contributed by atoms with Crippen molar-refractivity contribution in [3.63, 3.8) is 0 Å². The van der Waals surface area contributed by atoms with E-state index in [0.29, 0.717) is 5.92 Å². The predicted octanol–water partition coefficient (Wildman–Crippen LogP) is 6.15. The lowest BCUT2D eigenvalue weighted by molar-refractivity contribution is 0.0811. The summed E-state index contributed by atoms with van der Waals surface area (Å²) < 4.78 is 10.1. The second-order valence-electron chi connectivity index (χ2n) is 10.5. The molecule has 2 aliphatic rings. The molecule has 2 aromatic heterocycles. The van der Waals surface area contributed by atoms with E-state index in [2.05, 4.69) is 55.2 Å². The molecule has 3 aromatic rings. The normalized spacial score (nSPS) is 27.4. The van der Waals surface area contributed by atoms with E-state index in [1.165, 1.54) is 19.3 Å². The van der Waals surface area contributed by atoms with Gasteiger partial charge in [0.1, 0.15) is 5.75 Å². The molecule has 30 heavy (non-hydrogen) atoms. The topological polar surface area (TPSA) is 36.2 Å². The Morgan fingerprint density at radius 3 is 2.67 bits per heavy atom. The van der Waals surface area contributed by atoms with Gasteiger partial charge in [0.25, 0.3) is 5.56 Å². The van der Waals surface area contributed by atoms with Crippen LogP contribution < -0.4 is 10.3 Å². The molecule has 2 fully saturated rings. The minimum atomic E-state index is 0.142. The Bertz CT molecular complexity index is 1180. The van der Waals surface area contributed by atoms with E-state index in [-0.39, 0.29) is 22.4 Å². The molecule has 5 rings (SSSR count). The van der Waals surface area contributed by atoms with Crippen LogP contribution in [0.1, 0.15) is 65.8 Å². The Morgan fingerprint density at radius 2 is 2.00 bits per heavy atom. The predicted molar refractivity (Wildman–Crippen MR) is 123 cm³/mol. The molecule has 1 aromatic carbocycles. The largest absolute Gasteiger partial charge is 0.495 e. The van der Waals surface area contributed by atoms with Crippen LogP contribution in [0.25, 0.3) is 21.8 Å². The molecule has 4 nitrogen and oxygen atoms in total. The Hall–Kier alpha value is -2.23. The number of hydrogen-bond acceptors (Lipinski definition) is 2. The monoisotopic (exact) mass is 406 g/mol. The molecule has 0 aliphatic heterocycles. The summed E-state index contributed by atoms with van der Waals surface area (Å²) in [6.45, 7) is 10.2. The lowest BCUT2D eigenvalue weighted by Crippen LogP contribution is -2.41. The molecule has 2 heterocycles. The number of aromatic nitrogens is 2. The summed E-state index contributed by atoms with van der Waals surface area (Å²) in [7, 11) is 1.72. The molecular weight excluding hydrogens is 372 g/mol. The highest BCUT2D eigenvalue weighted by molar-refractivity contribution is 6.09. The van der Waals surface area contributed by atoms with Gasteiger partial charge in [-0.15, -0.1) is 0 Å². The smallest absolute Gasteiger partial charge is 0.260 e. The second kappa shape index (κ2) is 6.63. The van der Waals surface area contributed by atoms with Crippen LogP contribution in [0.4, 0.5) is 0 Å². The molecule has 2 saturated carbocycles. The zero-order valence-corrected chi connectivity index (χ0v) is 19.0. The number of aryl methyl sites for hydroxylation is 1. The van der Waals surface area contributed by atoms with Crippen LogP contribution in [0.5, 0.6) is 5.75 Å². The van der Waals surface area contributed by atoms with Crippen molar-refractivity contribution in [2.24, 2.45) is 16.7 Å². The average molecular weight is 407 g/mol. The average Bonchev–Trinajstić information content (AvgIpc) is 3.32. The lowest BCUT2D eigenvalue weighted by Gasteiger charge is -2.43. The maximum Gasteiger partial charge on any atom is 0.260 e. The number of para-hydroxylation sites is 1. The molecule has 3 atom stereocenters. The molecule has 160 valence electrons. The fourth-order valence-corrected chi connectivity index (χ4v) is 7.03. The van der Waals surface area contributed by atoms with Gasteiger partial charge in [0, 0.05) is 24.2 Å². The van der Waals surface area contributed by atoms with Crippen LogP contribution in [0.15, 0.2) is 35.3 Å². The summed E-state index contributed by atoms with van der Waals surface area (Å²) in [6, 6.07) is 8.52. The number of hydrogen-bond donors (Lipinski definition) is 0. The summed E-state index contributed by atoms with van der Waals surface area (Å²) in [6.07, 6.45) is 8.03. The van der Waals surface area contributed by atoms with Crippen molar-refractivity contribution in [3.05, 3.63) is 40.8 Å². The number of fused-ring (bicyclic) bond motifs is 5. The van der Waals surface area contributed by atoms with Crippen molar-refractivity contribution < 1.29 is 4.74 Å². The Morgan fingerprint density at radius 1 is 1.20 bits per heavy atom. The quantitative estimate of drug-likeness (QED) is 0.509. The molecule has 0 amide bonds. The van der Waals surface area contributed by atoms with Gasteiger partial charge in [0.2, 0.25) is 0 Å². The van der Waals surface area contributed by atoms with Crippen molar-refractivity contribution in [3.8, 4) is 5.75 Å². The van der Waals surface area contributed by atoms with E-state index < -0.39 is 0 Å². The van der Waals surface area contributed by atoms with E-state index in [9.17, 15) is 4.79 Å². The number of rotatable bonds is 5. The van der Waals surface area contributed by atoms with Gasteiger partial charge in [-0.3, -0.25) is 4.79 Å². The third-order valence-corrected chi connectivity index (χ3v) is 8.35. The highest BCUT2D eigenvalue weighted by Gasteiger charge is 2.60. The maximum atomic E-state index is 14.0. The Labute approximate surface area is 178 Å². The van der Waals surface area contributed by atoms with Crippen molar-refractivity contribution >= 4 is 21.8 Å². The Balaban J connectivity index is 1.80. The molecule has 0 N–H and O–H groups in total. The lowest BCUT2D eigenvalue weighted by atomic mass is 9.68. The van der Waals surface area contributed by atoms with E-state index >= 15 is 0 Å². The van der Waals surface area contributed by atoms with Crippen LogP contribution in [-0.2, 0) is 6.54 Å². The van der Waals surface area contributed by atoms with Crippen LogP contribution in [0, 0.1) is 16.7 Å². The molecule has 2 aliphatic carbocycles. The molecule has 1 unspecified atom stereocenters. The highest BCUT2D eigenvalue weighted by atomic mass is 16.5. The van der Waals surface area contributed by atoms with Gasteiger partial charge in [0.05, 0.1) is 23.5 Å². The standard InChI is InChI=1S/C26H34N2O2/c1-6-7-14-27-19-12-15-28(24-25(2,3)17-11-13-26(24,4)16-17)23(29)21(19)18-9-8-10-20(30-5)22(18)27/h8-10,12,15,17,24H,6-7,11,13-14,16H2,1-5H3/t17?,24-,26+/m1/s1. The molecule has 0 radical (unpaired) electrons. The third-order valence-electron chi connectivity index (χ3n) is 8.35. The first-order chi connectivity index (χ1) is 14.3. The first-order valence-corrected chi connectivity index (χ1v) is 11.5. The van der Waals surface area contributed by atoms with Crippen molar-refractivity contribution in [2.75, 3.05) is 7.11 Å². The van der Waals surface area contributed by atoms with Gasteiger partial charge in [-0.05, 0) is 54.6 Å². The SMILES string of the molecule is CCCCn1c2ccn([C@@H]3C(C)(C)C4CC[C@@]3(C)C4)c(=O)c2c2cccc(OC)c21. The van der Waals surface area contributed by atoms with E-state index in [0.717, 1.165) is 46.9 Å². The molecule has 0 spiro atoms. The second-order valence-corrected chi connectivity index (χ2v) is 10.5. The summed E-state index contributed by atoms with van der Waals surface area (Å²) >= 11 is 0. The Kier molecular flexibility index (Phi) is 4.36. The zero-order chi connectivity index (χ0) is 21.3. The first kappa shape index (κ1) is 19.7. The van der Waals surface area contributed by atoms with Gasteiger partial charge < -0.3 is 13.9 Å². The third kappa shape index (κ3) is 2.48.